The van der Waals surface area contributed by atoms with E-state index >= 15 is 0 Å². The number of nitrogens with two attached hydrogens (primary N) is 1. The zero-order chi connectivity index (χ0) is 11.1. The normalized spacial score (nSPS) is 25.4. The molecule has 1 rings (SSSR count). The molecule has 0 aromatic heterocycles. The van der Waals surface area contributed by atoms with Crippen LogP contribution < -0.4 is 5.73 Å². The Kier molecular flexibility index (Phi) is 4.82. The van der Waals surface area contributed by atoms with Gasteiger partial charge in [0.15, 0.2) is 0 Å². The van der Waals surface area contributed by atoms with Crippen molar-refractivity contribution in [1.29, 1.82) is 0 Å². The topological polar surface area (TPSA) is 63.3 Å². The Morgan fingerprint density at radius 3 is 2.80 bits per heavy atom. The zero-order valence-corrected chi connectivity index (χ0v) is 9.24. The Bertz CT molecular complexity index is 238. The molecule has 0 saturated carbocycles. The minimum absolute atomic E-state index is 0.0146. The molecule has 0 radical (unpaired) electrons. The molecule has 3 heteroatoms. The van der Waals surface area contributed by atoms with Gasteiger partial charge in [0.1, 0.15) is 0 Å². The molecular weight excluding hydrogens is 190 g/mol. The van der Waals surface area contributed by atoms with E-state index in [9.17, 15) is 4.79 Å². The minimum Gasteiger partial charge on any atom is -0.396 e. The third-order valence-corrected chi connectivity index (χ3v) is 3.13. The first-order valence-corrected chi connectivity index (χ1v) is 5.75. The Labute approximate surface area is 91.4 Å². The summed E-state index contributed by atoms with van der Waals surface area (Å²) in [6.07, 6.45) is 10.8. The van der Waals surface area contributed by atoms with Crippen molar-refractivity contribution in [3.05, 3.63) is 12.2 Å². The number of hydrogen-bond donors (Lipinski definition) is 2. The van der Waals surface area contributed by atoms with Crippen LogP contribution in [0.4, 0.5) is 0 Å². The van der Waals surface area contributed by atoms with Crippen molar-refractivity contribution in [2.24, 2.45) is 11.1 Å². The maximum absolute atomic E-state index is 11.0. The molecule has 0 spiro atoms. The molecule has 3 nitrogen and oxygen atoms in total. The lowest BCUT2D eigenvalue weighted by atomic mass is 9.73. The number of allylic oxidation sites excluding steroid dienone is 2. The van der Waals surface area contributed by atoms with E-state index in [4.69, 9.17) is 10.8 Å². The van der Waals surface area contributed by atoms with Crippen LogP contribution in [0.1, 0.15) is 44.9 Å². The molecule has 0 unspecified atom stereocenters. The van der Waals surface area contributed by atoms with Gasteiger partial charge < -0.3 is 10.8 Å². The zero-order valence-electron chi connectivity index (χ0n) is 9.24. The van der Waals surface area contributed by atoms with Gasteiger partial charge in [-0.2, -0.15) is 0 Å². The number of unbranched alkanes of at least 4 members (excludes halogenated alkanes) is 1. The molecule has 0 fully saturated rings. The van der Waals surface area contributed by atoms with Crippen molar-refractivity contribution in [2.75, 3.05) is 6.61 Å². The second kappa shape index (κ2) is 5.91. The highest BCUT2D eigenvalue weighted by molar-refractivity contribution is 5.74. The molecule has 1 atom stereocenters. The number of amides is 1. The molecule has 0 aliphatic heterocycles. The highest BCUT2D eigenvalue weighted by Crippen LogP contribution is 2.39. The number of carbonyl (C=O) groups is 1. The molecule has 1 amide bonds. The van der Waals surface area contributed by atoms with Crippen LogP contribution in [-0.4, -0.2) is 17.6 Å². The second-order valence-electron chi connectivity index (χ2n) is 4.48. The lowest BCUT2D eigenvalue weighted by Crippen LogP contribution is -2.27. The average Bonchev–Trinajstić information content (AvgIpc) is 2.18. The molecule has 3 N–H and O–H groups in total. The Morgan fingerprint density at radius 2 is 2.27 bits per heavy atom. The van der Waals surface area contributed by atoms with E-state index in [-0.39, 0.29) is 17.9 Å². The van der Waals surface area contributed by atoms with Crippen LogP contribution in [0, 0.1) is 5.41 Å². The predicted molar refractivity (Wildman–Crippen MR) is 60.2 cm³/mol. The van der Waals surface area contributed by atoms with Gasteiger partial charge in [0.25, 0.3) is 0 Å². The summed E-state index contributed by atoms with van der Waals surface area (Å²) in [5.74, 6) is -0.217. The lowest BCUT2D eigenvalue weighted by Gasteiger charge is -2.32. The first-order valence-electron chi connectivity index (χ1n) is 5.75. The smallest absolute Gasteiger partial charge is 0.218 e. The number of rotatable bonds is 6. The van der Waals surface area contributed by atoms with Crippen LogP contribution in [0.25, 0.3) is 0 Å². The van der Waals surface area contributed by atoms with Crippen molar-refractivity contribution >= 4 is 5.91 Å². The summed E-state index contributed by atoms with van der Waals surface area (Å²) < 4.78 is 0. The van der Waals surface area contributed by atoms with Gasteiger partial charge in [-0.1, -0.05) is 18.6 Å². The molecule has 0 bridgehead atoms. The Balaban J connectivity index is 2.54. The Hall–Kier alpha value is -0.830. The van der Waals surface area contributed by atoms with Gasteiger partial charge in [-0.15, -0.1) is 0 Å². The molecule has 86 valence electrons. The monoisotopic (exact) mass is 211 g/mol. The highest BCUT2D eigenvalue weighted by atomic mass is 16.2. The molecule has 15 heavy (non-hydrogen) atoms. The quantitative estimate of drug-likeness (QED) is 0.519. The molecule has 0 saturated heterocycles. The van der Waals surface area contributed by atoms with Gasteiger partial charge in [0.2, 0.25) is 5.91 Å². The molecular formula is C12H21NO2. The lowest BCUT2D eigenvalue weighted by molar-refractivity contribution is -0.120. The maximum atomic E-state index is 11.0. The number of primary amides is 1. The first-order chi connectivity index (χ1) is 7.18. The fraction of sp³-hybridized carbons (Fsp3) is 0.750. The molecule has 0 aromatic carbocycles. The van der Waals surface area contributed by atoms with Gasteiger partial charge in [0, 0.05) is 13.0 Å². The van der Waals surface area contributed by atoms with Gasteiger partial charge in [0.05, 0.1) is 0 Å². The fourth-order valence-corrected chi connectivity index (χ4v) is 2.37. The summed E-state index contributed by atoms with van der Waals surface area (Å²) in [5, 5.41) is 8.75. The predicted octanol–water partition coefficient (Wildman–Crippen LogP) is 1.75. The molecule has 1 aliphatic rings. The van der Waals surface area contributed by atoms with Gasteiger partial charge in [-0.25, -0.2) is 0 Å². The average molecular weight is 211 g/mol. The summed E-state index contributed by atoms with van der Waals surface area (Å²) in [6.45, 7) is 0.233. The van der Waals surface area contributed by atoms with E-state index in [1.165, 1.54) is 0 Å². The number of aliphatic hydroxyl groups is 1. The van der Waals surface area contributed by atoms with Gasteiger partial charge >= 0.3 is 0 Å². The number of hydrogen-bond acceptors (Lipinski definition) is 2. The molecule has 1 aliphatic carbocycles. The van der Waals surface area contributed by atoms with Gasteiger partial charge in [-0.05, 0) is 37.5 Å². The van der Waals surface area contributed by atoms with Crippen molar-refractivity contribution < 1.29 is 9.90 Å². The fourth-order valence-electron chi connectivity index (χ4n) is 2.37. The summed E-state index contributed by atoms with van der Waals surface area (Å²) in [7, 11) is 0. The van der Waals surface area contributed by atoms with Crippen LogP contribution in [0.3, 0.4) is 0 Å². The number of aliphatic hydroxyl groups excluding tert-OH is 1. The van der Waals surface area contributed by atoms with Crippen molar-refractivity contribution in [2.45, 2.75) is 44.9 Å². The van der Waals surface area contributed by atoms with Gasteiger partial charge in [-0.3, -0.25) is 4.79 Å². The summed E-state index contributed by atoms with van der Waals surface area (Å²) in [4.78, 5) is 11.0. The summed E-state index contributed by atoms with van der Waals surface area (Å²) >= 11 is 0. The highest BCUT2D eigenvalue weighted by Gasteiger charge is 2.29. The van der Waals surface area contributed by atoms with E-state index in [0.29, 0.717) is 6.42 Å². The van der Waals surface area contributed by atoms with Crippen molar-refractivity contribution in [3.8, 4) is 0 Å². The number of carbonyl (C=O) groups excluding carboxylic acids is 1. The van der Waals surface area contributed by atoms with Crippen LogP contribution in [0.2, 0.25) is 0 Å². The van der Waals surface area contributed by atoms with Crippen LogP contribution in [-0.2, 0) is 4.79 Å². The minimum atomic E-state index is -0.217. The van der Waals surface area contributed by atoms with Crippen molar-refractivity contribution in [1.82, 2.24) is 0 Å². The third-order valence-electron chi connectivity index (χ3n) is 3.13. The van der Waals surface area contributed by atoms with Crippen molar-refractivity contribution in [3.63, 3.8) is 0 Å². The first kappa shape index (κ1) is 12.2. The van der Waals surface area contributed by atoms with Crippen LogP contribution >= 0.6 is 0 Å². The van der Waals surface area contributed by atoms with E-state index in [1.807, 2.05) is 0 Å². The van der Waals surface area contributed by atoms with Crippen LogP contribution in [0.5, 0.6) is 0 Å². The standard InChI is InChI=1S/C12H21NO2/c13-11(15)10-12(8-4-5-9-14)6-2-1-3-7-12/h2,6,14H,1,3-5,7-10H2,(H2,13,15)/t12-/m0/s1. The largest absolute Gasteiger partial charge is 0.396 e. The van der Waals surface area contributed by atoms with E-state index < -0.39 is 0 Å². The molecule has 0 aromatic rings. The van der Waals surface area contributed by atoms with E-state index in [1.54, 1.807) is 0 Å². The van der Waals surface area contributed by atoms with E-state index in [0.717, 1.165) is 38.5 Å². The maximum Gasteiger partial charge on any atom is 0.218 e. The molecule has 0 heterocycles. The summed E-state index contributed by atoms with van der Waals surface area (Å²) in [5.41, 5.74) is 5.28. The SMILES string of the molecule is NC(=O)C[C@@]1(CCCCO)C=CCCC1. The second-order valence-corrected chi connectivity index (χ2v) is 4.48. The third kappa shape index (κ3) is 4.04. The van der Waals surface area contributed by atoms with E-state index in [2.05, 4.69) is 12.2 Å². The Morgan fingerprint density at radius 1 is 1.47 bits per heavy atom. The van der Waals surface area contributed by atoms with Crippen LogP contribution in [0.15, 0.2) is 12.2 Å². The summed E-state index contributed by atoms with van der Waals surface area (Å²) in [6, 6.07) is 0.